The van der Waals surface area contributed by atoms with E-state index >= 15 is 0 Å². The molecule has 1 aromatic heterocycles. The number of rotatable bonds is 6. The van der Waals surface area contributed by atoms with Crippen LogP contribution in [0.3, 0.4) is 0 Å². The second kappa shape index (κ2) is 6.93. The van der Waals surface area contributed by atoms with Gasteiger partial charge in [0.05, 0.1) is 13.2 Å². The third-order valence-electron chi connectivity index (χ3n) is 3.16. The van der Waals surface area contributed by atoms with E-state index in [4.69, 9.17) is 10.5 Å². The van der Waals surface area contributed by atoms with E-state index in [2.05, 4.69) is 15.3 Å². The summed E-state index contributed by atoms with van der Waals surface area (Å²) in [5.74, 6) is 0.869. The molecular weight excluding hydrogens is 258 g/mol. The molecule has 0 saturated carbocycles. The number of nitrogens with one attached hydrogen (secondary N) is 1. The average Bonchev–Trinajstić information content (AvgIpc) is 2.99. The van der Waals surface area contributed by atoms with Crippen molar-refractivity contribution in [1.82, 2.24) is 14.9 Å². The first kappa shape index (κ1) is 14.4. The number of likely N-dealkylation sites (tertiary alicyclic amines) is 1. The molecule has 20 heavy (non-hydrogen) atoms. The lowest BCUT2D eigenvalue weighted by atomic mass is 10.4. The molecule has 0 unspecified atom stereocenters. The van der Waals surface area contributed by atoms with E-state index in [0.717, 1.165) is 32.4 Å². The number of hydrogen-bond acceptors (Lipinski definition) is 6. The van der Waals surface area contributed by atoms with Crippen LogP contribution in [-0.4, -0.2) is 47.0 Å². The van der Waals surface area contributed by atoms with Gasteiger partial charge in [-0.3, -0.25) is 4.79 Å². The molecule has 0 aliphatic carbocycles. The van der Waals surface area contributed by atoms with Crippen molar-refractivity contribution in [2.24, 2.45) is 0 Å². The summed E-state index contributed by atoms with van der Waals surface area (Å²) in [4.78, 5) is 21.8. The van der Waals surface area contributed by atoms with Crippen molar-refractivity contribution in [3.63, 3.8) is 0 Å². The number of hydrogen-bond donors (Lipinski definition) is 2. The summed E-state index contributed by atoms with van der Waals surface area (Å²) in [7, 11) is 0. The number of anilines is 2. The first-order valence-corrected chi connectivity index (χ1v) is 6.97. The van der Waals surface area contributed by atoms with Gasteiger partial charge in [-0.25, -0.2) is 4.98 Å². The highest BCUT2D eigenvalue weighted by atomic mass is 16.5. The number of nitrogens with zero attached hydrogens (tertiary/aromatic N) is 3. The summed E-state index contributed by atoms with van der Waals surface area (Å²) >= 11 is 0. The second-order valence-electron chi connectivity index (χ2n) is 4.73. The van der Waals surface area contributed by atoms with Crippen LogP contribution in [-0.2, 0) is 4.79 Å². The van der Waals surface area contributed by atoms with E-state index in [1.165, 1.54) is 6.33 Å². The van der Waals surface area contributed by atoms with Crippen LogP contribution in [0.5, 0.6) is 5.88 Å². The summed E-state index contributed by atoms with van der Waals surface area (Å²) in [5.41, 5.74) is 6.27. The predicted octanol–water partition coefficient (Wildman–Crippen LogP) is 0.882. The lowest BCUT2D eigenvalue weighted by Gasteiger charge is -2.16. The van der Waals surface area contributed by atoms with Gasteiger partial charge in [0.15, 0.2) is 5.82 Å². The summed E-state index contributed by atoms with van der Waals surface area (Å²) in [6.45, 7) is 4.42. The van der Waals surface area contributed by atoms with Crippen LogP contribution in [0, 0.1) is 0 Å². The fourth-order valence-electron chi connectivity index (χ4n) is 2.07. The molecule has 0 bridgehead atoms. The number of amides is 1. The van der Waals surface area contributed by atoms with Gasteiger partial charge in [0.1, 0.15) is 12.0 Å². The van der Waals surface area contributed by atoms with Crippen LogP contribution < -0.4 is 15.8 Å². The number of carbonyl (C=O) groups excluding carboxylic acids is 1. The van der Waals surface area contributed by atoms with Crippen LogP contribution in [0.1, 0.15) is 26.2 Å². The quantitative estimate of drug-likeness (QED) is 0.803. The zero-order chi connectivity index (χ0) is 14.4. The summed E-state index contributed by atoms with van der Waals surface area (Å²) in [6, 6.07) is 0. The van der Waals surface area contributed by atoms with Gasteiger partial charge in [-0.15, -0.1) is 0 Å². The Hall–Kier alpha value is -2.05. The highest BCUT2D eigenvalue weighted by molar-refractivity contribution is 5.82. The minimum absolute atomic E-state index is 0.0662. The van der Waals surface area contributed by atoms with Crippen molar-refractivity contribution in [1.29, 1.82) is 0 Å². The Labute approximate surface area is 118 Å². The maximum absolute atomic E-state index is 11.9. The van der Waals surface area contributed by atoms with Crippen molar-refractivity contribution < 1.29 is 9.53 Å². The van der Waals surface area contributed by atoms with E-state index < -0.39 is 0 Å². The number of nitrogen functional groups attached to an aromatic ring is 1. The largest absolute Gasteiger partial charge is 0.476 e. The molecule has 0 spiro atoms. The molecule has 7 heteroatoms. The molecular formula is C13H21N5O2. The van der Waals surface area contributed by atoms with Gasteiger partial charge >= 0.3 is 0 Å². The monoisotopic (exact) mass is 279 g/mol. The Morgan fingerprint density at radius 2 is 2.20 bits per heavy atom. The molecule has 2 rings (SSSR count). The summed E-state index contributed by atoms with van der Waals surface area (Å²) in [6.07, 6.45) is 4.41. The van der Waals surface area contributed by atoms with Crippen molar-refractivity contribution in [2.45, 2.75) is 26.2 Å². The summed E-state index contributed by atoms with van der Waals surface area (Å²) < 4.78 is 5.42. The number of carbonyl (C=O) groups is 1. The van der Waals surface area contributed by atoms with Crippen molar-refractivity contribution in [3.05, 3.63) is 6.33 Å². The lowest BCUT2D eigenvalue weighted by Crippen LogP contribution is -2.33. The van der Waals surface area contributed by atoms with Gasteiger partial charge < -0.3 is 20.7 Å². The van der Waals surface area contributed by atoms with E-state index in [1.54, 1.807) is 0 Å². The van der Waals surface area contributed by atoms with Crippen LogP contribution in [0.4, 0.5) is 11.5 Å². The topological polar surface area (TPSA) is 93.4 Å². The average molecular weight is 279 g/mol. The van der Waals surface area contributed by atoms with Crippen molar-refractivity contribution >= 4 is 17.4 Å². The molecule has 7 nitrogen and oxygen atoms in total. The second-order valence-corrected chi connectivity index (χ2v) is 4.73. The molecule has 0 aromatic carbocycles. The van der Waals surface area contributed by atoms with E-state index in [0.29, 0.717) is 24.0 Å². The molecule has 1 amide bonds. The molecule has 2 heterocycles. The minimum atomic E-state index is 0.0662. The van der Waals surface area contributed by atoms with Crippen molar-refractivity contribution in [3.8, 4) is 5.88 Å². The number of aromatic nitrogens is 2. The van der Waals surface area contributed by atoms with Gasteiger partial charge in [0.25, 0.3) is 0 Å². The predicted molar refractivity (Wildman–Crippen MR) is 76.5 cm³/mol. The molecule has 0 radical (unpaired) electrons. The first-order chi connectivity index (χ1) is 9.72. The Morgan fingerprint density at radius 3 is 2.90 bits per heavy atom. The molecule has 1 fully saturated rings. The van der Waals surface area contributed by atoms with Gasteiger partial charge in [-0.05, 0) is 19.3 Å². The fraction of sp³-hybridized carbons (Fsp3) is 0.615. The normalized spacial score (nSPS) is 14.3. The van der Waals surface area contributed by atoms with E-state index in [1.807, 2.05) is 11.8 Å². The Balaban J connectivity index is 1.93. The van der Waals surface area contributed by atoms with Gasteiger partial charge in [-0.2, -0.15) is 4.98 Å². The van der Waals surface area contributed by atoms with Gasteiger partial charge in [0.2, 0.25) is 11.8 Å². The third kappa shape index (κ3) is 3.49. The Bertz CT molecular complexity index is 460. The fourth-order valence-corrected chi connectivity index (χ4v) is 2.07. The maximum atomic E-state index is 11.9. The molecule has 1 saturated heterocycles. The zero-order valence-electron chi connectivity index (χ0n) is 11.8. The standard InChI is InChI=1S/C13H21N5O2/c1-2-7-20-13-11(14)12(16-9-17-13)15-8-10(19)18-5-3-4-6-18/h9H,2-8,14H2,1H3,(H,15,16,17). The van der Waals surface area contributed by atoms with Crippen LogP contribution >= 0.6 is 0 Å². The highest BCUT2D eigenvalue weighted by Gasteiger charge is 2.18. The smallest absolute Gasteiger partial charge is 0.242 e. The molecule has 1 aliphatic heterocycles. The highest BCUT2D eigenvalue weighted by Crippen LogP contribution is 2.24. The van der Waals surface area contributed by atoms with E-state index in [-0.39, 0.29) is 12.5 Å². The van der Waals surface area contributed by atoms with Crippen molar-refractivity contribution in [2.75, 3.05) is 37.3 Å². The summed E-state index contributed by atoms with van der Waals surface area (Å²) in [5, 5.41) is 2.96. The maximum Gasteiger partial charge on any atom is 0.242 e. The molecule has 1 aliphatic rings. The lowest BCUT2D eigenvalue weighted by molar-refractivity contribution is -0.128. The third-order valence-corrected chi connectivity index (χ3v) is 3.16. The Morgan fingerprint density at radius 1 is 1.45 bits per heavy atom. The molecule has 0 atom stereocenters. The zero-order valence-corrected chi connectivity index (χ0v) is 11.8. The van der Waals surface area contributed by atoms with E-state index in [9.17, 15) is 4.79 Å². The molecule has 3 N–H and O–H groups in total. The van der Waals surface area contributed by atoms with Crippen LogP contribution in [0.25, 0.3) is 0 Å². The first-order valence-electron chi connectivity index (χ1n) is 6.97. The van der Waals surface area contributed by atoms with Gasteiger partial charge in [-0.1, -0.05) is 6.92 Å². The molecule has 110 valence electrons. The number of nitrogens with two attached hydrogens (primary N) is 1. The van der Waals surface area contributed by atoms with Crippen LogP contribution in [0.2, 0.25) is 0 Å². The minimum Gasteiger partial charge on any atom is -0.476 e. The SMILES string of the molecule is CCCOc1ncnc(NCC(=O)N2CCCC2)c1N. The Kier molecular flexibility index (Phi) is 4.97. The number of ether oxygens (including phenoxy) is 1. The molecule has 1 aromatic rings. The van der Waals surface area contributed by atoms with Crippen LogP contribution in [0.15, 0.2) is 6.33 Å². The van der Waals surface area contributed by atoms with Gasteiger partial charge in [0, 0.05) is 13.1 Å².